The molecule has 0 spiro atoms. The summed E-state index contributed by atoms with van der Waals surface area (Å²) in [5.74, 6) is 1.56. The summed E-state index contributed by atoms with van der Waals surface area (Å²) in [5.41, 5.74) is 8.07. The SMILES string of the molecule is CCOCc1cnc2ccc(CN3NN(C)c4ncc(-c5cnn(C)c5)nc43)cn12. The molecule has 0 unspecified atom stereocenters. The van der Waals surface area contributed by atoms with E-state index in [9.17, 15) is 0 Å². The maximum absolute atomic E-state index is 5.56. The number of pyridine rings is 1. The van der Waals surface area contributed by atoms with Gasteiger partial charge < -0.3 is 9.14 Å². The molecule has 10 nitrogen and oxygen atoms in total. The highest BCUT2D eigenvalue weighted by Gasteiger charge is 2.27. The fraction of sp³-hybridized carbons (Fsp3) is 0.300. The van der Waals surface area contributed by atoms with Crippen molar-refractivity contribution in [2.45, 2.75) is 20.1 Å². The first-order valence-electron chi connectivity index (χ1n) is 9.78. The molecule has 4 aromatic heterocycles. The van der Waals surface area contributed by atoms with Crippen molar-refractivity contribution in [2.24, 2.45) is 7.05 Å². The van der Waals surface area contributed by atoms with Gasteiger partial charge in [0.25, 0.3) is 0 Å². The maximum atomic E-state index is 5.56. The summed E-state index contributed by atoms with van der Waals surface area (Å²) in [4.78, 5) is 13.9. The number of fused-ring (bicyclic) bond motifs is 2. The molecule has 5 rings (SSSR count). The highest BCUT2D eigenvalue weighted by molar-refractivity contribution is 5.70. The number of aryl methyl sites for hydroxylation is 1. The molecule has 0 fully saturated rings. The first-order chi connectivity index (χ1) is 14.6. The van der Waals surface area contributed by atoms with Crippen LogP contribution in [0.25, 0.3) is 16.9 Å². The molecule has 1 aliphatic heterocycles. The quantitative estimate of drug-likeness (QED) is 0.521. The number of anilines is 2. The number of rotatable bonds is 6. The Bertz CT molecular complexity index is 1200. The van der Waals surface area contributed by atoms with E-state index in [2.05, 4.69) is 37.3 Å². The molecule has 1 aliphatic rings. The number of aromatic nitrogens is 6. The van der Waals surface area contributed by atoms with Gasteiger partial charge in [-0.3, -0.25) is 14.7 Å². The third kappa shape index (κ3) is 3.25. The molecule has 4 aromatic rings. The summed E-state index contributed by atoms with van der Waals surface area (Å²) >= 11 is 0. The monoisotopic (exact) mass is 405 g/mol. The van der Waals surface area contributed by atoms with E-state index in [0.717, 1.165) is 39.8 Å². The van der Waals surface area contributed by atoms with Crippen LogP contribution >= 0.6 is 0 Å². The lowest BCUT2D eigenvalue weighted by Crippen LogP contribution is -2.42. The normalized spacial score (nSPS) is 13.4. The van der Waals surface area contributed by atoms with E-state index < -0.39 is 0 Å². The minimum atomic E-state index is 0.536. The average Bonchev–Trinajstić information content (AvgIpc) is 3.44. The molecule has 1 N–H and O–H groups in total. The van der Waals surface area contributed by atoms with Crippen molar-refractivity contribution in [3.63, 3.8) is 0 Å². The molecule has 10 heteroatoms. The lowest BCUT2D eigenvalue weighted by atomic mass is 10.2. The molecule has 5 heterocycles. The van der Waals surface area contributed by atoms with Crippen LogP contribution in [0.15, 0.2) is 43.1 Å². The van der Waals surface area contributed by atoms with E-state index in [-0.39, 0.29) is 0 Å². The first kappa shape index (κ1) is 18.5. The standard InChI is InChI=1S/C20H23N9O/c1-4-30-13-16-8-21-18-6-5-14(10-28(16)18)11-29-20-19(27(3)25-29)22-9-17(24-20)15-7-23-26(2)12-15/h5-10,12,25H,4,11,13H2,1-3H3. The lowest BCUT2D eigenvalue weighted by Gasteiger charge is -2.19. The van der Waals surface area contributed by atoms with Crippen LogP contribution in [0, 0.1) is 0 Å². The molecule has 0 atom stereocenters. The van der Waals surface area contributed by atoms with Crippen LogP contribution in [0.2, 0.25) is 0 Å². The number of ether oxygens (including phenoxy) is 1. The topological polar surface area (TPSA) is 88.6 Å². The summed E-state index contributed by atoms with van der Waals surface area (Å²) in [5, 5.41) is 8.09. The van der Waals surface area contributed by atoms with Gasteiger partial charge in [0.05, 0.1) is 43.1 Å². The number of hydrazine groups is 2. The van der Waals surface area contributed by atoms with E-state index in [0.29, 0.717) is 19.8 Å². The highest BCUT2D eigenvalue weighted by atomic mass is 16.5. The van der Waals surface area contributed by atoms with Crippen molar-refractivity contribution >= 4 is 17.3 Å². The van der Waals surface area contributed by atoms with Gasteiger partial charge in [-0.15, -0.1) is 5.53 Å². The Labute approximate surface area is 173 Å². The first-order valence-corrected chi connectivity index (χ1v) is 9.78. The van der Waals surface area contributed by atoms with Crippen molar-refractivity contribution in [3.8, 4) is 11.3 Å². The third-order valence-corrected chi connectivity index (χ3v) is 5.02. The molecule has 154 valence electrons. The zero-order chi connectivity index (χ0) is 20.7. The van der Waals surface area contributed by atoms with Gasteiger partial charge in [-0.05, 0) is 18.6 Å². The van der Waals surface area contributed by atoms with E-state index in [1.54, 1.807) is 17.1 Å². The van der Waals surface area contributed by atoms with Crippen LogP contribution in [-0.2, 0) is 24.9 Å². The fourth-order valence-corrected chi connectivity index (χ4v) is 3.53. The number of hydrogen-bond donors (Lipinski definition) is 1. The van der Waals surface area contributed by atoms with E-state index in [1.165, 1.54) is 0 Å². The van der Waals surface area contributed by atoms with Gasteiger partial charge in [0.1, 0.15) is 5.65 Å². The smallest absolute Gasteiger partial charge is 0.190 e. The summed E-state index contributed by atoms with van der Waals surface area (Å²) in [6.45, 7) is 3.81. The lowest BCUT2D eigenvalue weighted by molar-refractivity contribution is 0.131. The van der Waals surface area contributed by atoms with Crippen LogP contribution in [-0.4, -0.2) is 42.8 Å². The minimum absolute atomic E-state index is 0.536. The van der Waals surface area contributed by atoms with Crippen LogP contribution in [0.4, 0.5) is 11.6 Å². The third-order valence-electron chi connectivity index (χ3n) is 5.02. The van der Waals surface area contributed by atoms with Gasteiger partial charge in [0.15, 0.2) is 11.6 Å². The van der Waals surface area contributed by atoms with Gasteiger partial charge in [-0.1, -0.05) is 6.07 Å². The Morgan fingerprint density at radius 3 is 2.73 bits per heavy atom. The predicted molar refractivity (Wildman–Crippen MR) is 112 cm³/mol. The van der Waals surface area contributed by atoms with Crippen molar-refractivity contribution in [1.82, 2.24) is 34.7 Å². The van der Waals surface area contributed by atoms with Crippen molar-refractivity contribution < 1.29 is 4.74 Å². The number of nitrogens with zero attached hydrogens (tertiary/aromatic N) is 8. The van der Waals surface area contributed by atoms with Crippen molar-refractivity contribution in [3.05, 3.63) is 54.4 Å². The summed E-state index contributed by atoms with van der Waals surface area (Å²) < 4.78 is 9.39. The van der Waals surface area contributed by atoms with Crippen LogP contribution in [0.3, 0.4) is 0 Å². The van der Waals surface area contributed by atoms with Gasteiger partial charge in [-0.2, -0.15) is 5.10 Å². The highest BCUT2D eigenvalue weighted by Crippen LogP contribution is 2.31. The molecular weight excluding hydrogens is 382 g/mol. The second-order valence-corrected chi connectivity index (χ2v) is 7.20. The summed E-state index contributed by atoms with van der Waals surface area (Å²) in [7, 11) is 3.81. The van der Waals surface area contributed by atoms with Crippen molar-refractivity contribution in [2.75, 3.05) is 23.7 Å². The molecule has 0 saturated heterocycles. The van der Waals surface area contributed by atoms with Crippen molar-refractivity contribution in [1.29, 1.82) is 0 Å². The second-order valence-electron chi connectivity index (χ2n) is 7.20. The minimum Gasteiger partial charge on any atom is -0.375 e. The molecule has 30 heavy (non-hydrogen) atoms. The molecule has 0 radical (unpaired) electrons. The van der Waals surface area contributed by atoms with E-state index in [1.807, 2.05) is 49.5 Å². The molecule has 0 aliphatic carbocycles. The Hall–Kier alpha value is -3.50. The summed E-state index contributed by atoms with van der Waals surface area (Å²) in [6, 6.07) is 4.09. The molecule has 0 aromatic carbocycles. The van der Waals surface area contributed by atoms with Gasteiger partial charge in [0, 0.05) is 38.7 Å². The van der Waals surface area contributed by atoms with Gasteiger partial charge in [-0.25, -0.2) is 15.0 Å². The molecular formula is C20H23N9O. The summed E-state index contributed by atoms with van der Waals surface area (Å²) in [6.07, 6.45) is 9.45. The molecule has 0 bridgehead atoms. The Morgan fingerprint density at radius 2 is 1.93 bits per heavy atom. The Morgan fingerprint density at radius 1 is 1.03 bits per heavy atom. The van der Waals surface area contributed by atoms with Gasteiger partial charge >= 0.3 is 0 Å². The Kier molecular flexibility index (Phi) is 4.57. The number of hydrogen-bond acceptors (Lipinski definition) is 8. The van der Waals surface area contributed by atoms with Crippen LogP contribution in [0.1, 0.15) is 18.2 Å². The van der Waals surface area contributed by atoms with Gasteiger partial charge in [0.2, 0.25) is 0 Å². The largest absolute Gasteiger partial charge is 0.375 e. The van der Waals surface area contributed by atoms with Crippen LogP contribution in [0.5, 0.6) is 0 Å². The molecule has 0 saturated carbocycles. The second kappa shape index (κ2) is 7.39. The predicted octanol–water partition coefficient (Wildman–Crippen LogP) is 1.94. The van der Waals surface area contributed by atoms with Crippen LogP contribution < -0.4 is 15.6 Å². The number of nitrogens with one attached hydrogen (secondary N) is 1. The average molecular weight is 405 g/mol. The Balaban J connectivity index is 1.45. The zero-order valence-corrected chi connectivity index (χ0v) is 17.1. The molecule has 0 amide bonds. The fourth-order valence-electron chi connectivity index (χ4n) is 3.53. The number of imidazole rings is 1. The zero-order valence-electron chi connectivity index (χ0n) is 17.1. The van der Waals surface area contributed by atoms with E-state index in [4.69, 9.17) is 9.72 Å². The van der Waals surface area contributed by atoms with E-state index >= 15 is 0 Å². The maximum Gasteiger partial charge on any atom is 0.190 e.